The molecule has 0 saturated heterocycles. The quantitative estimate of drug-likeness (QED) is 0.706. The molecule has 4 nitrogen and oxygen atoms in total. The predicted octanol–water partition coefficient (Wildman–Crippen LogP) is 3.81. The Kier molecular flexibility index (Phi) is 2.93. The van der Waals surface area contributed by atoms with Gasteiger partial charge in [-0.05, 0) is 18.2 Å². The van der Waals surface area contributed by atoms with E-state index in [0.717, 1.165) is 33.8 Å². The summed E-state index contributed by atoms with van der Waals surface area (Å²) in [5.74, 6) is 0.953. The number of fused-ring (bicyclic) bond motifs is 2. The number of rotatable bonds is 2. The molecule has 0 radical (unpaired) electrons. The molecule has 4 rings (SSSR count). The number of nitrogen functional groups attached to an aromatic ring is 1. The van der Waals surface area contributed by atoms with E-state index in [9.17, 15) is 0 Å². The van der Waals surface area contributed by atoms with Crippen LogP contribution in [-0.2, 0) is 0 Å². The Morgan fingerprint density at radius 1 is 1.24 bits per heavy atom. The lowest BCUT2D eigenvalue weighted by atomic mass is 10.00. The number of ether oxygens (including phenoxy) is 1. The summed E-state index contributed by atoms with van der Waals surface area (Å²) >= 11 is 1.61. The van der Waals surface area contributed by atoms with Gasteiger partial charge in [0.2, 0.25) is 0 Å². The fraction of sp³-hybridized carbons (Fsp3) is 0.188. The molecule has 0 bridgehead atoms. The minimum Gasteiger partial charge on any atom is -0.493 e. The smallest absolute Gasteiger partial charge is 0.124 e. The van der Waals surface area contributed by atoms with Crippen LogP contribution in [0.4, 0.5) is 11.4 Å². The zero-order chi connectivity index (χ0) is 14.2. The van der Waals surface area contributed by atoms with Crippen LogP contribution in [0.3, 0.4) is 0 Å². The van der Waals surface area contributed by atoms with E-state index < -0.39 is 0 Å². The lowest BCUT2D eigenvalue weighted by molar-refractivity contribution is 0.274. The number of hydrogen-bond acceptors (Lipinski definition) is 5. The van der Waals surface area contributed by atoms with E-state index in [0.29, 0.717) is 6.61 Å². The van der Waals surface area contributed by atoms with Gasteiger partial charge in [0, 0.05) is 12.0 Å². The number of para-hydroxylation sites is 1. The summed E-state index contributed by atoms with van der Waals surface area (Å²) < 4.78 is 6.81. The Morgan fingerprint density at radius 3 is 3.10 bits per heavy atom. The molecule has 0 fully saturated rings. The lowest BCUT2D eigenvalue weighted by Gasteiger charge is -2.27. The molecule has 1 atom stereocenters. The van der Waals surface area contributed by atoms with Gasteiger partial charge in [-0.3, -0.25) is 0 Å². The molecule has 3 aromatic rings. The first-order valence-corrected chi connectivity index (χ1v) is 7.81. The highest BCUT2D eigenvalue weighted by Crippen LogP contribution is 2.37. The van der Waals surface area contributed by atoms with Crippen molar-refractivity contribution in [1.82, 2.24) is 4.98 Å². The van der Waals surface area contributed by atoms with E-state index in [1.807, 2.05) is 29.8 Å². The lowest BCUT2D eigenvalue weighted by Crippen LogP contribution is -2.20. The highest BCUT2D eigenvalue weighted by atomic mass is 32.1. The normalized spacial score (nSPS) is 17.2. The Labute approximate surface area is 126 Å². The SMILES string of the molecule is Nc1c(NC2CCOc3ccccc32)ccc2scnc12. The fourth-order valence-electron chi connectivity index (χ4n) is 2.76. The second-order valence-corrected chi connectivity index (χ2v) is 5.98. The first-order chi connectivity index (χ1) is 10.3. The van der Waals surface area contributed by atoms with Crippen molar-refractivity contribution in [2.24, 2.45) is 0 Å². The van der Waals surface area contributed by atoms with Crippen molar-refractivity contribution in [3.05, 3.63) is 47.5 Å². The van der Waals surface area contributed by atoms with Crippen molar-refractivity contribution >= 4 is 32.9 Å². The summed E-state index contributed by atoms with van der Waals surface area (Å²) in [4.78, 5) is 4.35. The average molecular weight is 297 g/mol. The molecule has 1 aliphatic rings. The van der Waals surface area contributed by atoms with Gasteiger partial charge in [-0.15, -0.1) is 11.3 Å². The Bertz CT molecular complexity index is 799. The van der Waals surface area contributed by atoms with E-state index in [1.165, 1.54) is 5.56 Å². The highest BCUT2D eigenvalue weighted by Gasteiger charge is 2.21. The summed E-state index contributed by atoms with van der Waals surface area (Å²) in [5.41, 5.74) is 11.8. The Morgan fingerprint density at radius 2 is 2.14 bits per heavy atom. The molecule has 0 aliphatic carbocycles. The van der Waals surface area contributed by atoms with E-state index in [4.69, 9.17) is 10.5 Å². The van der Waals surface area contributed by atoms with Crippen LogP contribution in [0.25, 0.3) is 10.2 Å². The molecule has 0 saturated carbocycles. The molecule has 21 heavy (non-hydrogen) atoms. The standard InChI is InChI=1S/C16H15N3OS/c17-15-12(5-6-14-16(15)18-9-21-14)19-11-7-8-20-13-4-2-1-3-10(11)13/h1-6,9,11,19H,7-8,17H2. The van der Waals surface area contributed by atoms with E-state index >= 15 is 0 Å². The Hall–Kier alpha value is -2.27. The van der Waals surface area contributed by atoms with Crippen LogP contribution in [0, 0.1) is 0 Å². The van der Waals surface area contributed by atoms with Crippen LogP contribution >= 0.6 is 11.3 Å². The number of aromatic nitrogens is 1. The molecule has 1 aliphatic heterocycles. The van der Waals surface area contributed by atoms with Crippen molar-refractivity contribution < 1.29 is 4.74 Å². The number of nitrogens with zero attached hydrogens (tertiary/aromatic N) is 1. The minimum absolute atomic E-state index is 0.216. The minimum atomic E-state index is 0.216. The van der Waals surface area contributed by atoms with Crippen molar-refractivity contribution in [3.63, 3.8) is 0 Å². The van der Waals surface area contributed by atoms with Gasteiger partial charge in [0.1, 0.15) is 11.3 Å². The van der Waals surface area contributed by atoms with E-state index in [2.05, 4.69) is 22.4 Å². The molecule has 2 aromatic carbocycles. The topological polar surface area (TPSA) is 60.2 Å². The number of thiazole rings is 1. The Balaban J connectivity index is 1.71. The van der Waals surface area contributed by atoms with Crippen LogP contribution in [0.2, 0.25) is 0 Å². The van der Waals surface area contributed by atoms with E-state index in [1.54, 1.807) is 11.3 Å². The van der Waals surface area contributed by atoms with Crippen LogP contribution < -0.4 is 15.8 Å². The summed E-state index contributed by atoms with van der Waals surface area (Å²) in [5, 5.41) is 3.55. The zero-order valence-electron chi connectivity index (χ0n) is 11.4. The van der Waals surface area contributed by atoms with Crippen LogP contribution in [0.15, 0.2) is 41.9 Å². The second kappa shape index (κ2) is 4.93. The van der Waals surface area contributed by atoms with Crippen molar-refractivity contribution in [2.45, 2.75) is 12.5 Å². The van der Waals surface area contributed by atoms with Gasteiger partial charge < -0.3 is 15.8 Å². The molecule has 106 valence electrons. The summed E-state index contributed by atoms with van der Waals surface area (Å²) in [6.45, 7) is 0.716. The molecule has 1 unspecified atom stereocenters. The van der Waals surface area contributed by atoms with Gasteiger partial charge >= 0.3 is 0 Å². The van der Waals surface area contributed by atoms with Crippen molar-refractivity contribution in [2.75, 3.05) is 17.7 Å². The average Bonchev–Trinajstić information content (AvgIpc) is 3.00. The summed E-state index contributed by atoms with van der Waals surface area (Å²) in [6.07, 6.45) is 0.922. The van der Waals surface area contributed by atoms with Gasteiger partial charge in [0.25, 0.3) is 0 Å². The zero-order valence-corrected chi connectivity index (χ0v) is 12.2. The maximum absolute atomic E-state index is 6.25. The first kappa shape index (κ1) is 12.5. The van der Waals surface area contributed by atoms with E-state index in [-0.39, 0.29) is 6.04 Å². The molecule has 2 heterocycles. The summed E-state index contributed by atoms with van der Waals surface area (Å²) in [7, 11) is 0. The highest BCUT2D eigenvalue weighted by molar-refractivity contribution is 7.16. The number of nitrogens with two attached hydrogens (primary N) is 1. The third kappa shape index (κ3) is 2.10. The molecular weight excluding hydrogens is 282 g/mol. The fourth-order valence-corrected chi connectivity index (χ4v) is 3.45. The van der Waals surface area contributed by atoms with Gasteiger partial charge in [-0.25, -0.2) is 4.98 Å². The van der Waals surface area contributed by atoms with Crippen LogP contribution in [-0.4, -0.2) is 11.6 Å². The molecule has 5 heteroatoms. The monoisotopic (exact) mass is 297 g/mol. The molecular formula is C16H15N3OS. The first-order valence-electron chi connectivity index (χ1n) is 6.93. The maximum Gasteiger partial charge on any atom is 0.124 e. The van der Waals surface area contributed by atoms with Gasteiger partial charge in [0.15, 0.2) is 0 Å². The van der Waals surface area contributed by atoms with Crippen LogP contribution in [0.1, 0.15) is 18.0 Å². The third-order valence-electron chi connectivity index (χ3n) is 3.83. The molecule has 3 N–H and O–H groups in total. The van der Waals surface area contributed by atoms with Crippen molar-refractivity contribution in [1.29, 1.82) is 0 Å². The van der Waals surface area contributed by atoms with Gasteiger partial charge in [-0.1, -0.05) is 18.2 Å². The number of hydrogen-bond donors (Lipinski definition) is 2. The largest absolute Gasteiger partial charge is 0.493 e. The predicted molar refractivity (Wildman–Crippen MR) is 87.0 cm³/mol. The number of benzene rings is 2. The number of nitrogens with one attached hydrogen (secondary N) is 1. The number of anilines is 2. The summed E-state index contributed by atoms with van der Waals surface area (Å²) in [6, 6.07) is 12.5. The van der Waals surface area contributed by atoms with Gasteiger partial charge in [-0.2, -0.15) is 0 Å². The second-order valence-electron chi connectivity index (χ2n) is 5.10. The van der Waals surface area contributed by atoms with Crippen LogP contribution in [0.5, 0.6) is 5.75 Å². The third-order valence-corrected chi connectivity index (χ3v) is 4.62. The maximum atomic E-state index is 6.25. The van der Waals surface area contributed by atoms with Crippen molar-refractivity contribution in [3.8, 4) is 5.75 Å². The molecule has 1 aromatic heterocycles. The molecule has 0 spiro atoms. The van der Waals surface area contributed by atoms with Gasteiger partial charge in [0.05, 0.1) is 34.2 Å². The molecule has 0 amide bonds.